The Morgan fingerprint density at radius 3 is 2.53 bits per heavy atom. The number of thiazole rings is 1. The van der Waals surface area contributed by atoms with Crippen molar-refractivity contribution in [2.75, 3.05) is 32.8 Å². The molecule has 0 aliphatic rings. The van der Waals surface area contributed by atoms with Crippen LogP contribution in [0.15, 0.2) is 51.7 Å². The maximum Gasteiger partial charge on any atom is 0.311 e. The maximum atomic E-state index is 11.9. The van der Waals surface area contributed by atoms with Crippen LogP contribution in [-0.2, 0) is 9.53 Å². The summed E-state index contributed by atoms with van der Waals surface area (Å²) in [6.07, 6.45) is 0. The van der Waals surface area contributed by atoms with E-state index in [4.69, 9.17) is 26.1 Å². The lowest BCUT2D eigenvalue weighted by Gasteiger charge is -2.22. The highest BCUT2D eigenvalue weighted by Crippen LogP contribution is 2.36. The minimum atomic E-state index is -0.470. The summed E-state index contributed by atoms with van der Waals surface area (Å²) >= 11 is 9.24. The van der Waals surface area contributed by atoms with Gasteiger partial charge in [-0.15, -0.1) is 11.3 Å². The number of hydrogen-bond acceptors (Lipinski definition) is 7. The Kier molecular flexibility index (Phi) is 8.82. The van der Waals surface area contributed by atoms with Crippen LogP contribution in [0.4, 0.5) is 0 Å². The van der Waals surface area contributed by atoms with Crippen molar-refractivity contribution in [1.82, 2.24) is 9.88 Å². The fourth-order valence-corrected chi connectivity index (χ4v) is 5.02. The molecule has 0 bridgehead atoms. The maximum absolute atomic E-state index is 11.9. The number of rotatable bonds is 10. The van der Waals surface area contributed by atoms with Crippen molar-refractivity contribution in [3.8, 4) is 5.75 Å². The molecule has 0 saturated heterocycles. The minimum absolute atomic E-state index is 0.170. The van der Waals surface area contributed by atoms with Gasteiger partial charge in [0, 0.05) is 23.0 Å². The van der Waals surface area contributed by atoms with Crippen LogP contribution < -0.4 is 4.74 Å². The summed E-state index contributed by atoms with van der Waals surface area (Å²) in [7, 11) is 0. The van der Waals surface area contributed by atoms with E-state index in [1.807, 2.05) is 63.2 Å². The van der Waals surface area contributed by atoms with E-state index in [1.54, 1.807) is 23.1 Å². The van der Waals surface area contributed by atoms with Crippen LogP contribution in [0.1, 0.15) is 27.7 Å². The van der Waals surface area contributed by atoms with Gasteiger partial charge in [0.1, 0.15) is 19.0 Å². The van der Waals surface area contributed by atoms with E-state index in [1.165, 1.54) is 0 Å². The second-order valence-electron chi connectivity index (χ2n) is 8.33. The monoisotopic (exact) mass is 492 g/mol. The molecule has 3 aromatic rings. The largest absolute Gasteiger partial charge is 0.492 e. The lowest BCUT2D eigenvalue weighted by Crippen LogP contribution is -2.33. The van der Waals surface area contributed by atoms with Crippen LogP contribution in [0.3, 0.4) is 0 Å². The molecule has 3 rings (SSSR count). The summed E-state index contributed by atoms with van der Waals surface area (Å²) in [4.78, 5) is 19.9. The Hall–Kier alpha value is -1.80. The van der Waals surface area contributed by atoms with E-state index in [-0.39, 0.29) is 5.97 Å². The molecule has 5 nitrogen and oxygen atoms in total. The molecule has 0 radical (unpaired) electrons. The lowest BCUT2D eigenvalue weighted by atomic mass is 9.97. The van der Waals surface area contributed by atoms with Gasteiger partial charge in [-0.25, -0.2) is 4.98 Å². The molecule has 1 aromatic heterocycles. The molecule has 0 N–H and O–H groups in total. The first-order valence-electron chi connectivity index (χ1n) is 10.6. The molecule has 1 heterocycles. The number of esters is 1. The molecule has 172 valence electrons. The zero-order valence-corrected chi connectivity index (χ0v) is 21.3. The second-order valence-corrected chi connectivity index (χ2v) is 11.1. The van der Waals surface area contributed by atoms with E-state index < -0.39 is 5.41 Å². The Morgan fingerprint density at radius 1 is 1.12 bits per heavy atom. The highest BCUT2D eigenvalue weighted by atomic mass is 35.5. The normalized spacial score (nSPS) is 11.8. The highest BCUT2D eigenvalue weighted by molar-refractivity contribution is 8.01. The van der Waals surface area contributed by atoms with E-state index in [2.05, 4.69) is 11.8 Å². The molecule has 0 saturated carbocycles. The summed E-state index contributed by atoms with van der Waals surface area (Å²) in [5.74, 6) is 0.663. The van der Waals surface area contributed by atoms with Crippen LogP contribution in [-0.4, -0.2) is 48.7 Å². The first kappa shape index (κ1) is 24.8. The molecule has 0 fully saturated rings. The number of nitrogens with zero attached hydrogens (tertiary/aromatic N) is 2. The van der Waals surface area contributed by atoms with Crippen LogP contribution in [0.25, 0.3) is 10.2 Å². The molecule has 0 atom stereocenters. The van der Waals surface area contributed by atoms with Crippen molar-refractivity contribution in [3.63, 3.8) is 0 Å². The number of aromatic nitrogens is 1. The SMILES string of the molecule is CCN(CCOC(=O)C(C)(C)C)CCOc1ccc2nc(Sc3ccc(Cl)cc3)sc2c1. The van der Waals surface area contributed by atoms with E-state index in [0.29, 0.717) is 19.8 Å². The molecule has 2 aromatic carbocycles. The van der Waals surface area contributed by atoms with Crippen molar-refractivity contribution in [2.45, 2.75) is 36.9 Å². The van der Waals surface area contributed by atoms with Crippen LogP contribution in [0, 0.1) is 5.41 Å². The predicted octanol–water partition coefficient (Wildman–Crippen LogP) is 6.39. The molecule has 32 heavy (non-hydrogen) atoms. The Morgan fingerprint density at radius 2 is 1.84 bits per heavy atom. The van der Waals surface area contributed by atoms with Gasteiger partial charge in [0.05, 0.1) is 15.6 Å². The second kappa shape index (κ2) is 11.4. The average molecular weight is 493 g/mol. The minimum Gasteiger partial charge on any atom is -0.492 e. The number of fused-ring (bicyclic) bond motifs is 1. The summed E-state index contributed by atoms with van der Waals surface area (Å²) in [5, 5.41) is 0.730. The summed E-state index contributed by atoms with van der Waals surface area (Å²) in [6, 6.07) is 13.8. The molecule has 0 aliphatic heterocycles. The summed E-state index contributed by atoms with van der Waals surface area (Å²) in [5.41, 5.74) is 0.498. The fraction of sp³-hybridized carbons (Fsp3) is 0.417. The number of benzene rings is 2. The van der Waals surface area contributed by atoms with Gasteiger partial charge in [0.25, 0.3) is 0 Å². The number of hydrogen-bond donors (Lipinski definition) is 0. The van der Waals surface area contributed by atoms with Gasteiger partial charge in [-0.2, -0.15) is 0 Å². The van der Waals surface area contributed by atoms with E-state index in [9.17, 15) is 4.79 Å². The number of carbonyl (C=O) groups is 1. The third-order valence-corrected chi connectivity index (χ3v) is 7.07. The average Bonchev–Trinajstić information content (AvgIpc) is 3.15. The van der Waals surface area contributed by atoms with Gasteiger partial charge in [0.15, 0.2) is 4.34 Å². The van der Waals surface area contributed by atoms with Crippen molar-refractivity contribution in [1.29, 1.82) is 0 Å². The van der Waals surface area contributed by atoms with Gasteiger partial charge in [-0.1, -0.05) is 30.3 Å². The first-order valence-corrected chi connectivity index (χ1v) is 12.6. The summed E-state index contributed by atoms with van der Waals surface area (Å²) < 4.78 is 13.4. The molecular weight excluding hydrogens is 464 g/mol. The third kappa shape index (κ3) is 7.37. The molecular formula is C24H29ClN2O3S2. The molecule has 0 aliphatic carbocycles. The van der Waals surface area contributed by atoms with Gasteiger partial charge in [0.2, 0.25) is 0 Å². The van der Waals surface area contributed by atoms with E-state index >= 15 is 0 Å². The number of likely N-dealkylation sites (N-methyl/N-ethyl adjacent to an activating group) is 1. The third-order valence-electron chi connectivity index (χ3n) is 4.74. The number of ether oxygens (including phenoxy) is 2. The zero-order chi connectivity index (χ0) is 23.1. The van der Waals surface area contributed by atoms with Gasteiger partial charge in [-0.05, 0) is 69.8 Å². The summed E-state index contributed by atoms with van der Waals surface area (Å²) in [6.45, 7) is 11.0. The Balaban J connectivity index is 1.49. The molecule has 0 spiro atoms. The zero-order valence-electron chi connectivity index (χ0n) is 18.9. The van der Waals surface area contributed by atoms with Gasteiger partial charge < -0.3 is 9.47 Å². The quantitative estimate of drug-likeness (QED) is 0.305. The highest BCUT2D eigenvalue weighted by Gasteiger charge is 2.22. The Bertz CT molecular complexity index is 1030. The van der Waals surface area contributed by atoms with Gasteiger partial charge >= 0.3 is 5.97 Å². The van der Waals surface area contributed by atoms with Crippen molar-refractivity contribution in [2.24, 2.45) is 5.41 Å². The first-order chi connectivity index (χ1) is 15.2. The van der Waals surface area contributed by atoms with Crippen molar-refractivity contribution < 1.29 is 14.3 Å². The van der Waals surface area contributed by atoms with Crippen molar-refractivity contribution in [3.05, 3.63) is 47.5 Å². The van der Waals surface area contributed by atoms with Crippen molar-refractivity contribution >= 4 is 50.9 Å². The molecule has 0 amide bonds. The fourth-order valence-electron chi connectivity index (χ4n) is 2.83. The predicted molar refractivity (Wildman–Crippen MR) is 133 cm³/mol. The van der Waals surface area contributed by atoms with Crippen LogP contribution >= 0.6 is 34.7 Å². The standard InChI is InChI=1S/C24H29ClN2O3S2/c1-5-27(13-15-30-22(28)24(2,3)4)12-14-29-18-8-11-20-21(16-18)32-23(26-20)31-19-9-6-17(25)7-10-19/h6-11,16H,5,12-15H2,1-4H3. The number of carbonyl (C=O) groups excluding carboxylic acids is 1. The van der Waals surface area contributed by atoms with E-state index in [0.717, 1.165) is 43.3 Å². The number of halogens is 1. The van der Waals surface area contributed by atoms with Crippen LogP contribution in [0.2, 0.25) is 5.02 Å². The smallest absolute Gasteiger partial charge is 0.311 e. The Labute approximate surface area is 203 Å². The topological polar surface area (TPSA) is 51.7 Å². The molecule has 0 unspecified atom stereocenters. The molecule has 8 heteroatoms. The van der Waals surface area contributed by atoms with Crippen LogP contribution in [0.5, 0.6) is 5.75 Å². The lowest BCUT2D eigenvalue weighted by molar-refractivity contribution is -0.153. The van der Waals surface area contributed by atoms with Gasteiger partial charge in [-0.3, -0.25) is 9.69 Å².